The van der Waals surface area contributed by atoms with Crippen LogP contribution in [0.3, 0.4) is 0 Å². The van der Waals surface area contributed by atoms with E-state index in [1.807, 2.05) is 6.92 Å². The highest BCUT2D eigenvalue weighted by atomic mass is 16.5. The van der Waals surface area contributed by atoms with Crippen LogP contribution >= 0.6 is 0 Å². The quantitative estimate of drug-likeness (QED) is 0.496. The first-order valence-corrected chi connectivity index (χ1v) is 3.06. The molecule has 2 nitrogen and oxygen atoms in total. The van der Waals surface area contributed by atoms with Crippen LogP contribution in [-0.4, -0.2) is 24.4 Å². The summed E-state index contributed by atoms with van der Waals surface area (Å²) in [6, 6.07) is 0. The van der Waals surface area contributed by atoms with Crippen molar-refractivity contribution in [3.63, 3.8) is 0 Å². The van der Waals surface area contributed by atoms with Crippen molar-refractivity contribution in [2.75, 3.05) is 13.2 Å². The molecule has 0 amide bonds. The minimum Gasteiger partial charge on any atom is -0.393 e. The lowest BCUT2D eigenvalue weighted by atomic mass is 10.0. The minimum absolute atomic E-state index is 0.122. The zero-order valence-electron chi connectivity index (χ0n) is 5.13. The van der Waals surface area contributed by atoms with Crippen molar-refractivity contribution in [3.05, 3.63) is 0 Å². The van der Waals surface area contributed by atoms with Gasteiger partial charge in [0.1, 0.15) is 0 Å². The molecule has 0 saturated carbocycles. The fraction of sp³-hybridized carbons (Fsp3) is 1.00. The molecule has 1 N–H and O–H groups in total. The van der Waals surface area contributed by atoms with Gasteiger partial charge in [0.05, 0.1) is 12.7 Å². The molecule has 0 bridgehead atoms. The SMILES string of the molecule is C[C@H]1COCC[C@@H]1O. The van der Waals surface area contributed by atoms with Crippen LogP contribution in [-0.2, 0) is 4.74 Å². The first-order valence-electron chi connectivity index (χ1n) is 3.06. The summed E-state index contributed by atoms with van der Waals surface area (Å²) >= 11 is 0. The average Bonchev–Trinajstić information content (AvgIpc) is 1.77. The zero-order chi connectivity index (χ0) is 5.98. The van der Waals surface area contributed by atoms with Crippen molar-refractivity contribution < 1.29 is 9.84 Å². The molecular weight excluding hydrogens is 104 g/mol. The minimum atomic E-state index is -0.122. The number of ether oxygens (including phenoxy) is 1. The molecule has 48 valence electrons. The van der Waals surface area contributed by atoms with Crippen molar-refractivity contribution >= 4 is 0 Å². The summed E-state index contributed by atoms with van der Waals surface area (Å²) in [5, 5.41) is 9.10. The lowest BCUT2D eigenvalue weighted by molar-refractivity contribution is -0.0282. The normalized spacial score (nSPS) is 39.8. The lowest BCUT2D eigenvalue weighted by Crippen LogP contribution is -2.29. The van der Waals surface area contributed by atoms with Crippen LogP contribution in [0.5, 0.6) is 0 Å². The van der Waals surface area contributed by atoms with Crippen LogP contribution in [0.25, 0.3) is 0 Å². The van der Waals surface area contributed by atoms with Gasteiger partial charge in [0.2, 0.25) is 0 Å². The van der Waals surface area contributed by atoms with E-state index in [9.17, 15) is 0 Å². The van der Waals surface area contributed by atoms with Gasteiger partial charge in [-0.05, 0) is 6.42 Å². The summed E-state index contributed by atoms with van der Waals surface area (Å²) in [6.07, 6.45) is 0.685. The Labute approximate surface area is 49.5 Å². The summed E-state index contributed by atoms with van der Waals surface area (Å²) in [4.78, 5) is 0. The maximum atomic E-state index is 9.10. The van der Waals surface area contributed by atoms with Crippen LogP contribution in [0.4, 0.5) is 0 Å². The predicted molar refractivity (Wildman–Crippen MR) is 30.6 cm³/mol. The van der Waals surface area contributed by atoms with Gasteiger partial charge in [-0.25, -0.2) is 0 Å². The second-order valence-electron chi connectivity index (χ2n) is 2.41. The number of aliphatic hydroxyl groups excluding tert-OH is 1. The van der Waals surface area contributed by atoms with Gasteiger partial charge in [-0.3, -0.25) is 0 Å². The molecule has 1 saturated heterocycles. The van der Waals surface area contributed by atoms with Gasteiger partial charge < -0.3 is 9.84 Å². The third kappa shape index (κ3) is 1.20. The van der Waals surface area contributed by atoms with E-state index in [0.717, 1.165) is 19.6 Å². The molecule has 1 aliphatic rings. The monoisotopic (exact) mass is 116 g/mol. The Hall–Kier alpha value is -0.0800. The highest BCUT2D eigenvalue weighted by Gasteiger charge is 2.18. The van der Waals surface area contributed by atoms with Gasteiger partial charge >= 0.3 is 0 Å². The summed E-state index contributed by atoms with van der Waals surface area (Å²) in [5.41, 5.74) is 0. The van der Waals surface area contributed by atoms with E-state index in [4.69, 9.17) is 9.84 Å². The van der Waals surface area contributed by atoms with Gasteiger partial charge in [-0.15, -0.1) is 0 Å². The molecule has 1 rings (SSSR count). The fourth-order valence-corrected chi connectivity index (χ4v) is 0.869. The van der Waals surface area contributed by atoms with E-state index in [0.29, 0.717) is 5.92 Å². The van der Waals surface area contributed by atoms with E-state index in [2.05, 4.69) is 0 Å². The van der Waals surface area contributed by atoms with Gasteiger partial charge in [0, 0.05) is 12.5 Å². The summed E-state index contributed by atoms with van der Waals surface area (Å²) < 4.78 is 5.09. The van der Waals surface area contributed by atoms with Crippen LogP contribution in [0.2, 0.25) is 0 Å². The van der Waals surface area contributed by atoms with Crippen molar-refractivity contribution in [2.45, 2.75) is 19.4 Å². The molecule has 2 heteroatoms. The van der Waals surface area contributed by atoms with Gasteiger partial charge in [0.25, 0.3) is 0 Å². The summed E-state index contributed by atoms with van der Waals surface area (Å²) in [7, 11) is 0. The first-order chi connectivity index (χ1) is 3.80. The molecule has 1 fully saturated rings. The maximum Gasteiger partial charge on any atom is 0.0609 e. The number of aliphatic hydroxyl groups is 1. The maximum absolute atomic E-state index is 9.10. The van der Waals surface area contributed by atoms with Gasteiger partial charge in [-0.1, -0.05) is 6.92 Å². The fourth-order valence-electron chi connectivity index (χ4n) is 0.869. The van der Waals surface area contributed by atoms with Crippen molar-refractivity contribution in [2.24, 2.45) is 5.92 Å². The Balaban J connectivity index is 2.28. The van der Waals surface area contributed by atoms with E-state index >= 15 is 0 Å². The van der Waals surface area contributed by atoms with Crippen LogP contribution in [0.1, 0.15) is 13.3 Å². The van der Waals surface area contributed by atoms with Crippen LogP contribution in [0, 0.1) is 5.92 Å². The Morgan fingerprint density at radius 3 is 2.75 bits per heavy atom. The van der Waals surface area contributed by atoms with Crippen molar-refractivity contribution in [1.82, 2.24) is 0 Å². The van der Waals surface area contributed by atoms with E-state index < -0.39 is 0 Å². The molecule has 0 radical (unpaired) electrons. The third-order valence-electron chi connectivity index (χ3n) is 1.60. The molecule has 0 aromatic carbocycles. The molecule has 0 aliphatic carbocycles. The lowest BCUT2D eigenvalue weighted by Gasteiger charge is -2.23. The van der Waals surface area contributed by atoms with Gasteiger partial charge in [-0.2, -0.15) is 0 Å². The Morgan fingerprint density at radius 1 is 1.62 bits per heavy atom. The third-order valence-corrected chi connectivity index (χ3v) is 1.60. The Bertz CT molecular complexity index is 62.9. The Morgan fingerprint density at radius 2 is 2.38 bits per heavy atom. The second kappa shape index (κ2) is 2.46. The number of rotatable bonds is 0. The molecule has 0 aromatic heterocycles. The smallest absolute Gasteiger partial charge is 0.0609 e. The van der Waals surface area contributed by atoms with E-state index in [-0.39, 0.29) is 6.10 Å². The molecule has 0 aromatic rings. The molecule has 0 spiro atoms. The molecular formula is C6H12O2. The number of hydrogen-bond donors (Lipinski definition) is 1. The molecule has 1 heterocycles. The van der Waals surface area contributed by atoms with E-state index in [1.54, 1.807) is 0 Å². The first kappa shape index (κ1) is 6.05. The van der Waals surface area contributed by atoms with Crippen molar-refractivity contribution in [1.29, 1.82) is 0 Å². The van der Waals surface area contributed by atoms with Crippen LogP contribution in [0.15, 0.2) is 0 Å². The summed E-state index contributed by atoms with van der Waals surface area (Å²) in [5.74, 6) is 0.337. The highest BCUT2D eigenvalue weighted by Crippen LogP contribution is 2.12. The standard InChI is InChI=1S/C6H12O2/c1-5-4-8-3-2-6(5)7/h5-7H,2-4H2,1H3/t5-,6-/m0/s1. The number of hydrogen-bond acceptors (Lipinski definition) is 2. The second-order valence-corrected chi connectivity index (χ2v) is 2.41. The highest BCUT2D eigenvalue weighted by molar-refractivity contribution is 4.67. The largest absolute Gasteiger partial charge is 0.393 e. The molecule has 2 atom stereocenters. The average molecular weight is 116 g/mol. The molecule has 8 heavy (non-hydrogen) atoms. The topological polar surface area (TPSA) is 29.5 Å². The predicted octanol–water partition coefficient (Wildman–Crippen LogP) is 0.404. The summed E-state index contributed by atoms with van der Waals surface area (Å²) in [6.45, 7) is 3.45. The van der Waals surface area contributed by atoms with E-state index in [1.165, 1.54) is 0 Å². The Kier molecular flexibility index (Phi) is 1.86. The molecule has 0 unspecified atom stereocenters. The molecule has 1 aliphatic heterocycles. The van der Waals surface area contributed by atoms with Gasteiger partial charge in [0.15, 0.2) is 0 Å². The van der Waals surface area contributed by atoms with Crippen LogP contribution < -0.4 is 0 Å². The zero-order valence-corrected chi connectivity index (χ0v) is 5.13. The van der Waals surface area contributed by atoms with Crippen molar-refractivity contribution in [3.8, 4) is 0 Å².